The summed E-state index contributed by atoms with van der Waals surface area (Å²) >= 11 is 0. The lowest BCUT2D eigenvalue weighted by molar-refractivity contribution is 0.0926. The molecule has 1 heterocycles. The Morgan fingerprint density at radius 1 is 1.09 bits per heavy atom. The van der Waals surface area contributed by atoms with Crippen LogP contribution in [0.25, 0.3) is 11.0 Å². The van der Waals surface area contributed by atoms with Gasteiger partial charge in [0, 0.05) is 0 Å². The third-order valence-corrected chi connectivity index (χ3v) is 4.22. The fourth-order valence-corrected chi connectivity index (χ4v) is 2.76. The fourth-order valence-electron chi connectivity index (χ4n) is 2.76. The van der Waals surface area contributed by atoms with Crippen molar-refractivity contribution in [2.24, 2.45) is 0 Å². The Bertz CT molecular complexity index is 823. The number of hydrogen-bond donors (Lipinski definition) is 1. The molecule has 1 atom stereocenters. The zero-order chi connectivity index (χ0) is 16.4. The van der Waals surface area contributed by atoms with Gasteiger partial charge in [-0.25, -0.2) is 4.98 Å². The Morgan fingerprint density at radius 2 is 1.87 bits per heavy atom. The van der Waals surface area contributed by atoms with Gasteiger partial charge in [0.25, 0.3) is 0 Å². The summed E-state index contributed by atoms with van der Waals surface area (Å²) < 4.78 is 7.83. The average molecular weight is 310 g/mol. The predicted molar refractivity (Wildman–Crippen MR) is 91.9 cm³/mol. The summed E-state index contributed by atoms with van der Waals surface area (Å²) in [5.74, 6) is 1.73. The first-order chi connectivity index (χ1) is 11.1. The Morgan fingerprint density at radius 3 is 2.70 bits per heavy atom. The van der Waals surface area contributed by atoms with E-state index in [9.17, 15) is 5.11 Å². The maximum absolute atomic E-state index is 10.4. The summed E-state index contributed by atoms with van der Waals surface area (Å²) in [6.45, 7) is 6.77. The van der Waals surface area contributed by atoms with Gasteiger partial charge in [-0.3, -0.25) is 0 Å². The average Bonchev–Trinajstić information content (AvgIpc) is 2.85. The third-order valence-electron chi connectivity index (χ3n) is 4.22. The molecule has 1 aromatic heterocycles. The highest BCUT2D eigenvalue weighted by molar-refractivity contribution is 5.75. The molecule has 0 fully saturated rings. The van der Waals surface area contributed by atoms with E-state index in [4.69, 9.17) is 4.74 Å². The highest BCUT2D eigenvalue weighted by Gasteiger charge is 2.13. The lowest BCUT2D eigenvalue weighted by Crippen LogP contribution is -2.24. The molecule has 0 saturated heterocycles. The molecule has 0 aliphatic heterocycles. The number of aromatic nitrogens is 2. The van der Waals surface area contributed by atoms with Crippen LogP contribution < -0.4 is 4.74 Å². The number of rotatable bonds is 5. The number of nitrogens with zero attached hydrogens (tertiary/aromatic N) is 2. The van der Waals surface area contributed by atoms with Crippen molar-refractivity contribution in [3.8, 4) is 5.75 Å². The second-order valence-electron chi connectivity index (χ2n) is 5.92. The normalized spacial score (nSPS) is 12.5. The molecule has 4 heteroatoms. The number of ether oxygens (including phenoxy) is 1. The number of para-hydroxylation sites is 2. The fraction of sp³-hybridized carbons (Fsp3) is 0.316. The molecule has 0 bridgehead atoms. The van der Waals surface area contributed by atoms with Crippen LogP contribution in [0.4, 0.5) is 0 Å². The smallest absolute Gasteiger partial charge is 0.122 e. The molecule has 1 N–H and O–H groups in total. The zero-order valence-corrected chi connectivity index (χ0v) is 13.8. The number of aliphatic hydroxyl groups is 1. The second-order valence-corrected chi connectivity index (χ2v) is 5.92. The molecular formula is C19H22N2O2. The molecule has 4 nitrogen and oxygen atoms in total. The van der Waals surface area contributed by atoms with Gasteiger partial charge in [0.15, 0.2) is 0 Å². The van der Waals surface area contributed by atoms with Crippen LogP contribution in [0.1, 0.15) is 17.0 Å². The number of aryl methyl sites for hydroxylation is 2. The lowest BCUT2D eigenvalue weighted by atomic mass is 10.1. The van der Waals surface area contributed by atoms with E-state index in [1.165, 1.54) is 5.56 Å². The molecule has 0 unspecified atom stereocenters. The van der Waals surface area contributed by atoms with Crippen LogP contribution in [0.5, 0.6) is 5.75 Å². The number of imidazole rings is 1. The first-order valence-electron chi connectivity index (χ1n) is 7.85. The molecule has 0 spiro atoms. The Labute approximate surface area is 136 Å². The maximum atomic E-state index is 10.4. The minimum absolute atomic E-state index is 0.260. The first kappa shape index (κ1) is 15.6. The molecule has 3 rings (SSSR count). The molecule has 0 saturated carbocycles. The largest absolute Gasteiger partial charge is 0.491 e. The van der Waals surface area contributed by atoms with E-state index in [0.717, 1.165) is 28.2 Å². The summed E-state index contributed by atoms with van der Waals surface area (Å²) in [4.78, 5) is 4.52. The maximum Gasteiger partial charge on any atom is 0.122 e. The summed E-state index contributed by atoms with van der Waals surface area (Å²) in [5, 5.41) is 10.4. The molecule has 2 aromatic carbocycles. The van der Waals surface area contributed by atoms with E-state index >= 15 is 0 Å². The van der Waals surface area contributed by atoms with Crippen molar-refractivity contribution in [1.82, 2.24) is 9.55 Å². The second kappa shape index (κ2) is 6.42. The van der Waals surface area contributed by atoms with Crippen molar-refractivity contribution in [3.63, 3.8) is 0 Å². The minimum atomic E-state index is -0.591. The van der Waals surface area contributed by atoms with Gasteiger partial charge in [0.05, 0.1) is 17.6 Å². The topological polar surface area (TPSA) is 47.3 Å². The van der Waals surface area contributed by atoms with Crippen LogP contribution >= 0.6 is 0 Å². The third kappa shape index (κ3) is 3.22. The quantitative estimate of drug-likeness (QED) is 0.785. The van der Waals surface area contributed by atoms with E-state index in [1.807, 2.05) is 54.8 Å². The van der Waals surface area contributed by atoms with E-state index in [0.29, 0.717) is 6.54 Å². The van der Waals surface area contributed by atoms with Crippen molar-refractivity contribution in [3.05, 3.63) is 59.4 Å². The predicted octanol–water partition coefficient (Wildman–Crippen LogP) is 3.40. The van der Waals surface area contributed by atoms with Crippen molar-refractivity contribution in [2.75, 3.05) is 6.61 Å². The van der Waals surface area contributed by atoms with E-state index < -0.39 is 6.10 Å². The highest BCUT2D eigenvalue weighted by atomic mass is 16.5. The lowest BCUT2D eigenvalue weighted by Gasteiger charge is -2.16. The van der Waals surface area contributed by atoms with Gasteiger partial charge in [-0.15, -0.1) is 0 Å². The van der Waals surface area contributed by atoms with Crippen molar-refractivity contribution < 1.29 is 9.84 Å². The molecule has 0 radical (unpaired) electrons. The van der Waals surface area contributed by atoms with Gasteiger partial charge in [0.2, 0.25) is 0 Å². The molecule has 120 valence electrons. The van der Waals surface area contributed by atoms with E-state index in [2.05, 4.69) is 18.0 Å². The number of aliphatic hydroxyl groups excluding tert-OH is 1. The van der Waals surface area contributed by atoms with Crippen LogP contribution in [-0.4, -0.2) is 27.4 Å². The number of hydrogen-bond acceptors (Lipinski definition) is 3. The SMILES string of the molecule is Cc1cccc(OC[C@@H](O)Cn2c(C)nc3ccccc32)c1C. The van der Waals surface area contributed by atoms with Crippen LogP contribution in [0.2, 0.25) is 0 Å². The molecular weight excluding hydrogens is 288 g/mol. The summed E-state index contributed by atoms with van der Waals surface area (Å²) in [7, 11) is 0. The van der Waals surface area contributed by atoms with Crippen LogP contribution in [0, 0.1) is 20.8 Å². The molecule has 3 aromatic rings. The first-order valence-corrected chi connectivity index (χ1v) is 7.85. The molecule has 23 heavy (non-hydrogen) atoms. The molecule has 0 aliphatic carbocycles. The van der Waals surface area contributed by atoms with Gasteiger partial charge < -0.3 is 14.4 Å². The summed E-state index contributed by atoms with van der Waals surface area (Å²) in [5.41, 5.74) is 4.29. The van der Waals surface area contributed by atoms with Crippen molar-refractivity contribution in [1.29, 1.82) is 0 Å². The monoisotopic (exact) mass is 310 g/mol. The minimum Gasteiger partial charge on any atom is -0.491 e. The Kier molecular flexibility index (Phi) is 4.35. The van der Waals surface area contributed by atoms with E-state index in [1.54, 1.807) is 0 Å². The van der Waals surface area contributed by atoms with Gasteiger partial charge in [0.1, 0.15) is 24.3 Å². The molecule has 0 amide bonds. The Balaban J connectivity index is 1.70. The van der Waals surface area contributed by atoms with Crippen LogP contribution in [0.15, 0.2) is 42.5 Å². The number of fused-ring (bicyclic) bond motifs is 1. The highest BCUT2D eigenvalue weighted by Crippen LogP contribution is 2.21. The van der Waals surface area contributed by atoms with Crippen molar-refractivity contribution >= 4 is 11.0 Å². The van der Waals surface area contributed by atoms with Crippen LogP contribution in [0.3, 0.4) is 0 Å². The standard InChI is InChI=1S/C19H22N2O2/c1-13-7-6-10-19(14(13)2)23-12-16(22)11-21-15(3)20-17-8-4-5-9-18(17)21/h4-10,16,22H,11-12H2,1-3H3/t16-/m0/s1. The summed E-state index contributed by atoms with van der Waals surface area (Å²) in [6.07, 6.45) is -0.591. The van der Waals surface area contributed by atoms with E-state index in [-0.39, 0.29) is 6.61 Å². The van der Waals surface area contributed by atoms with Gasteiger partial charge in [-0.2, -0.15) is 0 Å². The number of benzene rings is 2. The van der Waals surface area contributed by atoms with Crippen molar-refractivity contribution in [2.45, 2.75) is 33.4 Å². The van der Waals surface area contributed by atoms with Gasteiger partial charge in [-0.05, 0) is 50.1 Å². The Hall–Kier alpha value is -2.33. The van der Waals surface area contributed by atoms with Crippen LogP contribution in [-0.2, 0) is 6.54 Å². The zero-order valence-electron chi connectivity index (χ0n) is 13.8. The van der Waals surface area contributed by atoms with Gasteiger partial charge >= 0.3 is 0 Å². The molecule has 0 aliphatic rings. The van der Waals surface area contributed by atoms with Gasteiger partial charge in [-0.1, -0.05) is 24.3 Å². The summed E-state index contributed by atoms with van der Waals surface area (Å²) in [6, 6.07) is 13.9.